The van der Waals surface area contributed by atoms with Crippen molar-refractivity contribution in [1.29, 1.82) is 0 Å². The molecular formula is C27H29N3O6S2. The highest BCUT2D eigenvalue weighted by molar-refractivity contribution is 7.89. The maximum absolute atomic E-state index is 13.1. The van der Waals surface area contributed by atoms with E-state index in [0.29, 0.717) is 24.3 Å². The summed E-state index contributed by atoms with van der Waals surface area (Å²) in [6.07, 6.45) is 2.67. The zero-order valence-electron chi connectivity index (χ0n) is 21.2. The number of hydrogen-bond acceptors (Lipinski definition) is 7. The van der Waals surface area contributed by atoms with Crippen LogP contribution >= 0.6 is 11.3 Å². The number of carbonyl (C=O) groups is 3. The van der Waals surface area contributed by atoms with E-state index in [0.717, 1.165) is 30.6 Å². The van der Waals surface area contributed by atoms with Crippen molar-refractivity contribution < 1.29 is 27.5 Å². The van der Waals surface area contributed by atoms with Crippen LogP contribution < -0.4 is 10.6 Å². The van der Waals surface area contributed by atoms with Gasteiger partial charge in [-0.2, -0.15) is 4.31 Å². The molecule has 2 aromatic carbocycles. The van der Waals surface area contributed by atoms with Crippen molar-refractivity contribution in [2.24, 2.45) is 0 Å². The third-order valence-electron chi connectivity index (χ3n) is 6.16. The van der Waals surface area contributed by atoms with E-state index in [1.165, 1.54) is 28.6 Å². The van der Waals surface area contributed by atoms with Gasteiger partial charge >= 0.3 is 5.97 Å². The van der Waals surface area contributed by atoms with Gasteiger partial charge in [-0.1, -0.05) is 24.6 Å². The van der Waals surface area contributed by atoms with Gasteiger partial charge in [0.15, 0.2) is 0 Å². The van der Waals surface area contributed by atoms with Crippen LogP contribution in [0.15, 0.2) is 59.5 Å². The Balaban J connectivity index is 1.57. The average molecular weight is 556 g/mol. The summed E-state index contributed by atoms with van der Waals surface area (Å²) in [5, 5.41) is 5.67. The molecule has 11 heteroatoms. The van der Waals surface area contributed by atoms with Crippen LogP contribution in [0.2, 0.25) is 0 Å². The Morgan fingerprint density at radius 1 is 0.921 bits per heavy atom. The van der Waals surface area contributed by atoms with Crippen LogP contribution in [-0.2, 0) is 14.8 Å². The van der Waals surface area contributed by atoms with E-state index in [1.54, 1.807) is 38.1 Å². The molecule has 38 heavy (non-hydrogen) atoms. The number of rotatable bonds is 8. The lowest BCUT2D eigenvalue weighted by molar-refractivity contribution is 0.0527. The van der Waals surface area contributed by atoms with Crippen LogP contribution in [0.4, 0.5) is 10.7 Å². The van der Waals surface area contributed by atoms with Crippen molar-refractivity contribution >= 4 is 49.8 Å². The maximum Gasteiger partial charge on any atom is 0.341 e. The summed E-state index contributed by atoms with van der Waals surface area (Å²) in [4.78, 5) is 39.2. The summed E-state index contributed by atoms with van der Waals surface area (Å²) in [7, 11) is -3.63. The number of piperidine rings is 1. The number of sulfonamides is 1. The van der Waals surface area contributed by atoms with Crippen molar-refractivity contribution in [3.63, 3.8) is 0 Å². The summed E-state index contributed by atoms with van der Waals surface area (Å²) < 4.78 is 32.5. The van der Waals surface area contributed by atoms with E-state index < -0.39 is 27.8 Å². The highest BCUT2D eigenvalue weighted by Crippen LogP contribution is 2.35. The molecule has 4 rings (SSSR count). The minimum absolute atomic E-state index is 0.104. The molecule has 1 fully saturated rings. The van der Waals surface area contributed by atoms with Crippen molar-refractivity contribution in [2.45, 2.75) is 38.0 Å². The minimum atomic E-state index is -3.63. The van der Waals surface area contributed by atoms with E-state index in [1.807, 2.05) is 6.07 Å². The smallest absolute Gasteiger partial charge is 0.341 e. The predicted octanol–water partition coefficient (Wildman–Crippen LogP) is 4.91. The molecule has 0 aliphatic carbocycles. The summed E-state index contributed by atoms with van der Waals surface area (Å²) in [5.41, 5.74) is 1.29. The number of nitrogens with zero attached hydrogens (tertiary/aromatic N) is 1. The molecule has 2 heterocycles. The number of para-hydroxylation sites is 1. The number of hydrogen-bond donors (Lipinski definition) is 2. The number of ether oxygens (including phenoxy) is 1. The van der Waals surface area contributed by atoms with Crippen LogP contribution in [0.3, 0.4) is 0 Å². The number of amides is 2. The first-order valence-corrected chi connectivity index (χ1v) is 14.6. The Bertz CT molecular complexity index is 1430. The first-order chi connectivity index (χ1) is 18.2. The summed E-state index contributed by atoms with van der Waals surface area (Å²) in [5.74, 6) is -1.62. The van der Waals surface area contributed by atoms with Gasteiger partial charge in [-0.25, -0.2) is 13.2 Å². The summed E-state index contributed by atoms with van der Waals surface area (Å²) in [6.45, 7) is 4.39. The normalized spacial score (nSPS) is 14.1. The number of anilines is 2. The van der Waals surface area contributed by atoms with E-state index in [9.17, 15) is 22.8 Å². The largest absolute Gasteiger partial charge is 0.462 e. The summed E-state index contributed by atoms with van der Waals surface area (Å²) >= 11 is 0.969. The summed E-state index contributed by atoms with van der Waals surface area (Å²) in [6, 6.07) is 14.6. The first kappa shape index (κ1) is 27.5. The van der Waals surface area contributed by atoms with E-state index in [4.69, 9.17) is 4.74 Å². The van der Waals surface area contributed by atoms with Gasteiger partial charge < -0.3 is 15.4 Å². The van der Waals surface area contributed by atoms with Gasteiger partial charge in [-0.3, -0.25) is 9.59 Å². The molecule has 3 aromatic rings. The number of nitrogens with one attached hydrogen (secondary N) is 2. The zero-order valence-corrected chi connectivity index (χ0v) is 22.8. The molecular weight excluding hydrogens is 526 g/mol. The number of thiophene rings is 1. The fraction of sp³-hybridized carbons (Fsp3) is 0.296. The fourth-order valence-corrected chi connectivity index (χ4v) is 6.79. The monoisotopic (exact) mass is 555 g/mol. The third-order valence-corrected chi connectivity index (χ3v) is 9.28. The Kier molecular flexibility index (Phi) is 8.60. The zero-order chi connectivity index (χ0) is 27.3. The molecule has 2 N–H and O–H groups in total. The van der Waals surface area contributed by atoms with Gasteiger partial charge in [0.2, 0.25) is 10.0 Å². The molecule has 1 aliphatic rings. The van der Waals surface area contributed by atoms with Gasteiger partial charge in [0, 0.05) is 24.3 Å². The number of esters is 1. The maximum atomic E-state index is 13.1. The third kappa shape index (κ3) is 5.95. The van der Waals surface area contributed by atoms with Crippen LogP contribution in [0.1, 0.15) is 62.1 Å². The quantitative estimate of drug-likeness (QED) is 0.381. The number of benzene rings is 2. The fourth-order valence-electron chi connectivity index (χ4n) is 4.18. The lowest BCUT2D eigenvalue weighted by Gasteiger charge is -2.25. The lowest BCUT2D eigenvalue weighted by Crippen LogP contribution is -2.35. The van der Waals surface area contributed by atoms with Gasteiger partial charge in [0.25, 0.3) is 11.8 Å². The highest BCUT2D eigenvalue weighted by atomic mass is 32.2. The van der Waals surface area contributed by atoms with E-state index in [-0.39, 0.29) is 32.5 Å². The standard InChI is InChI=1S/C27H29N3O6S2/c1-3-36-27(33)22-18(2)23(25(32)28-20-10-6-4-7-11-20)37-26(22)29-24(31)19-12-14-21(15-13-19)38(34,35)30-16-8-5-9-17-30/h4,6-7,10-15H,3,5,8-9,16-17H2,1-2H3,(H,28,32)(H,29,31). The molecule has 200 valence electrons. The highest BCUT2D eigenvalue weighted by Gasteiger charge is 2.28. The molecule has 9 nitrogen and oxygen atoms in total. The van der Waals surface area contributed by atoms with Gasteiger partial charge in [-0.05, 0) is 68.7 Å². The van der Waals surface area contributed by atoms with E-state index in [2.05, 4.69) is 10.6 Å². The molecule has 0 bridgehead atoms. The Labute approximate surface area is 225 Å². The predicted molar refractivity (Wildman–Crippen MR) is 146 cm³/mol. The average Bonchev–Trinajstić information content (AvgIpc) is 3.25. The second-order valence-electron chi connectivity index (χ2n) is 8.74. The number of carbonyl (C=O) groups excluding carboxylic acids is 3. The van der Waals surface area contributed by atoms with Crippen LogP contribution in [0.25, 0.3) is 0 Å². The van der Waals surface area contributed by atoms with Crippen LogP contribution in [0.5, 0.6) is 0 Å². The van der Waals surface area contributed by atoms with Gasteiger partial charge in [-0.15, -0.1) is 11.3 Å². The van der Waals surface area contributed by atoms with Crippen molar-refractivity contribution in [2.75, 3.05) is 30.3 Å². The molecule has 0 saturated carbocycles. The Hall–Kier alpha value is -3.54. The molecule has 1 aromatic heterocycles. The lowest BCUT2D eigenvalue weighted by atomic mass is 10.1. The Morgan fingerprint density at radius 2 is 1.58 bits per heavy atom. The molecule has 1 aliphatic heterocycles. The topological polar surface area (TPSA) is 122 Å². The minimum Gasteiger partial charge on any atom is -0.462 e. The molecule has 0 radical (unpaired) electrons. The van der Waals surface area contributed by atoms with Crippen molar-refractivity contribution in [3.05, 3.63) is 76.2 Å². The van der Waals surface area contributed by atoms with Gasteiger partial charge in [0.05, 0.1) is 21.9 Å². The van der Waals surface area contributed by atoms with Crippen molar-refractivity contribution in [1.82, 2.24) is 4.31 Å². The molecule has 1 saturated heterocycles. The second kappa shape index (κ2) is 11.9. The first-order valence-electron chi connectivity index (χ1n) is 12.3. The molecule has 0 atom stereocenters. The van der Waals surface area contributed by atoms with E-state index >= 15 is 0 Å². The van der Waals surface area contributed by atoms with Gasteiger partial charge in [0.1, 0.15) is 5.00 Å². The van der Waals surface area contributed by atoms with Crippen LogP contribution in [-0.4, -0.2) is 50.2 Å². The van der Waals surface area contributed by atoms with Crippen LogP contribution in [0, 0.1) is 6.92 Å². The SMILES string of the molecule is CCOC(=O)c1c(NC(=O)c2ccc(S(=O)(=O)N3CCCCC3)cc2)sc(C(=O)Nc2ccccc2)c1C. The molecule has 0 spiro atoms. The Morgan fingerprint density at radius 3 is 2.21 bits per heavy atom. The molecule has 2 amide bonds. The van der Waals surface area contributed by atoms with Crippen molar-refractivity contribution in [3.8, 4) is 0 Å². The molecule has 0 unspecified atom stereocenters. The second-order valence-corrected chi connectivity index (χ2v) is 11.7.